The summed E-state index contributed by atoms with van der Waals surface area (Å²) in [7, 11) is 4.97. The first kappa shape index (κ1) is 21.9. The number of carbonyl (C=O) groups is 1. The van der Waals surface area contributed by atoms with Crippen molar-refractivity contribution in [2.24, 2.45) is 34.5 Å². The molecule has 8 heteroatoms. The molecule has 0 radical (unpaired) electrons. The molecular formula is C24H37NO7. The molecule has 6 aliphatic rings. The van der Waals surface area contributed by atoms with E-state index in [0.29, 0.717) is 26.1 Å². The maximum Gasteiger partial charge on any atom is 0.144 e. The van der Waals surface area contributed by atoms with Crippen molar-refractivity contribution in [1.29, 1.82) is 0 Å². The standard InChI is InChI=1S/C24H37NO7/c1-5-25-10-21(11-30-2)7-6-15(32-4)23-13-8-12-14(31-3)9-22(28,16(13)17(12)26)24(29,20(23)25)19(27)18(21)23/h12-16,18-20,27-29H,5-11H2,1-4H3/t12-,13-,14+,15+,16-,18-,19+,20?,21+,22-,23+,24-/m1/s1. The Morgan fingerprint density at radius 1 is 1.19 bits per heavy atom. The molecule has 8 nitrogen and oxygen atoms in total. The first-order valence-corrected chi connectivity index (χ1v) is 12.2. The smallest absolute Gasteiger partial charge is 0.144 e. The number of hydrogen-bond acceptors (Lipinski definition) is 8. The molecule has 6 rings (SSSR count). The van der Waals surface area contributed by atoms with Gasteiger partial charge in [-0.3, -0.25) is 9.69 Å². The average Bonchev–Trinajstić information content (AvgIpc) is 3.12. The number of fused-ring (bicyclic) bond motifs is 2. The molecule has 3 N–H and O–H groups in total. The molecule has 180 valence electrons. The van der Waals surface area contributed by atoms with Gasteiger partial charge in [-0.05, 0) is 31.7 Å². The average molecular weight is 452 g/mol. The third-order valence-corrected chi connectivity index (χ3v) is 11.0. The van der Waals surface area contributed by atoms with Crippen molar-refractivity contribution in [3.63, 3.8) is 0 Å². The van der Waals surface area contributed by atoms with Crippen LogP contribution in [-0.2, 0) is 19.0 Å². The van der Waals surface area contributed by atoms with Gasteiger partial charge in [0, 0.05) is 57.0 Å². The van der Waals surface area contributed by atoms with Gasteiger partial charge in [0.25, 0.3) is 0 Å². The molecule has 12 atom stereocenters. The van der Waals surface area contributed by atoms with Gasteiger partial charge in [-0.1, -0.05) is 6.92 Å². The normalized spacial score (nSPS) is 60.2. The van der Waals surface area contributed by atoms with Gasteiger partial charge in [0.1, 0.15) is 17.0 Å². The molecule has 0 aromatic carbocycles. The minimum Gasteiger partial charge on any atom is -0.390 e. The van der Waals surface area contributed by atoms with Gasteiger partial charge in [-0.15, -0.1) is 0 Å². The second-order valence-corrected chi connectivity index (χ2v) is 11.5. The number of aliphatic hydroxyl groups is 3. The van der Waals surface area contributed by atoms with Crippen molar-refractivity contribution in [3.05, 3.63) is 0 Å². The molecule has 1 spiro atoms. The Kier molecular flexibility index (Phi) is 4.47. The van der Waals surface area contributed by atoms with E-state index in [9.17, 15) is 20.1 Å². The van der Waals surface area contributed by atoms with Crippen molar-refractivity contribution < 1.29 is 34.3 Å². The fourth-order valence-electron chi connectivity index (χ4n) is 10.4. The van der Waals surface area contributed by atoms with Crippen LogP contribution in [0.5, 0.6) is 0 Å². The molecule has 0 aromatic rings. The Morgan fingerprint density at radius 2 is 1.94 bits per heavy atom. The zero-order valence-electron chi connectivity index (χ0n) is 19.5. The molecule has 7 bridgehead atoms. The summed E-state index contributed by atoms with van der Waals surface area (Å²) in [5.74, 6) is -1.47. The topological polar surface area (TPSA) is 109 Å². The number of aliphatic hydroxyl groups excluding tert-OH is 1. The Morgan fingerprint density at radius 3 is 2.56 bits per heavy atom. The molecule has 32 heavy (non-hydrogen) atoms. The Labute approximate surface area is 189 Å². The first-order valence-electron chi connectivity index (χ1n) is 12.2. The summed E-state index contributed by atoms with van der Waals surface area (Å²) in [6.07, 6.45) is 0.556. The van der Waals surface area contributed by atoms with Crippen LogP contribution in [0, 0.1) is 34.5 Å². The summed E-state index contributed by atoms with van der Waals surface area (Å²) in [4.78, 5) is 15.9. The lowest BCUT2D eigenvalue weighted by molar-refractivity contribution is -0.300. The summed E-state index contributed by atoms with van der Waals surface area (Å²) >= 11 is 0. The van der Waals surface area contributed by atoms with E-state index < -0.39 is 40.8 Å². The molecule has 0 aromatic heterocycles. The predicted molar refractivity (Wildman–Crippen MR) is 113 cm³/mol. The van der Waals surface area contributed by atoms with Crippen LogP contribution in [0.4, 0.5) is 0 Å². The highest BCUT2D eigenvalue weighted by atomic mass is 16.5. The summed E-state index contributed by atoms with van der Waals surface area (Å²) in [5.41, 5.74) is -4.56. The molecule has 1 aliphatic heterocycles. The molecule has 1 unspecified atom stereocenters. The number of Topliss-reactive ketones (excluding diaryl/α,β-unsaturated/α-hetero) is 1. The molecule has 5 saturated carbocycles. The van der Waals surface area contributed by atoms with Crippen molar-refractivity contribution in [2.75, 3.05) is 41.0 Å². The van der Waals surface area contributed by atoms with Crippen LogP contribution in [0.15, 0.2) is 0 Å². The molecular weight excluding hydrogens is 414 g/mol. The number of carbonyl (C=O) groups excluding carboxylic acids is 1. The minimum atomic E-state index is -1.84. The third kappa shape index (κ3) is 1.94. The Hall–Kier alpha value is -0.610. The highest BCUT2D eigenvalue weighted by Gasteiger charge is 2.91. The van der Waals surface area contributed by atoms with Crippen LogP contribution >= 0.6 is 0 Å². The molecule has 5 aliphatic carbocycles. The number of nitrogens with zero attached hydrogens (tertiary/aromatic N) is 1. The van der Waals surface area contributed by atoms with Gasteiger partial charge in [0.05, 0.1) is 36.9 Å². The lowest BCUT2D eigenvalue weighted by Crippen LogP contribution is -2.81. The molecule has 1 saturated heterocycles. The lowest BCUT2D eigenvalue weighted by Gasteiger charge is -2.69. The van der Waals surface area contributed by atoms with Crippen molar-refractivity contribution in [3.8, 4) is 0 Å². The zero-order valence-corrected chi connectivity index (χ0v) is 19.5. The molecule has 1 heterocycles. The second kappa shape index (κ2) is 6.53. The third-order valence-electron chi connectivity index (χ3n) is 11.0. The maximum absolute atomic E-state index is 13.7. The van der Waals surface area contributed by atoms with E-state index in [2.05, 4.69) is 11.8 Å². The quantitative estimate of drug-likeness (QED) is 0.529. The van der Waals surface area contributed by atoms with Gasteiger partial charge < -0.3 is 29.5 Å². The largest absolute Gasteiger partial charge is 0.390 e. The van der Waals surface area contributed by atoms with E-state index in [4.69, 9.17) is 14.2 Å². The van der Waals surface area contributed by atoms with Crippen LogP contribution in [0.3, 0.4) is 0 Å². The van der Waals surface area contributed by atoms with Crippen LogP contribution in [0.2, 0.25) is 0 Å². The number of methoxy groups -OCH3 is 3. The Bertz CT molecular complexity index is 839. The van der Waals surface area contributed by atoms with Gasteiger partial charge in [-0.25, -0.2) is 0 Å². The van der Waals surface area contributed by atoms with E-state index in [1.807, 2.05) is 0 Å². The minimum absolute atomic E-state index is 0.0129. The number of piperidine rings is 1. The monoisotopic (exact) mass is 451 g/mol. The number of rotatable bonds is 5. The number of likely N-dealkylation sites (N-methyl/N-ethyl adjacent to an activating group) is 1. The van der Waals surface area contributed by atoms with Gasteiger partial charge >= 0.3 is 0 Å². The lowest BCUT2D eigenvalue weighted by atomic mass is 9.43. The van der Waals surface area contributed by atoms with Crippen LogP contribution in [0.1, 0.15) is 32.6 Å². The maximum atomic E-state index is 13.7. The van der Waals surface area contributed by atoms with E-state index in [1.54, 1.807) is 21.3 Å². The number of ketones is 1. The highest BCUT2D eigenvalue weighted by Crippen LogP contribution is 2.79. The summed E-state index contributed by atoms with van der Waals surface area (Å²) in [5, 5.41) is 36.9. The predicted octanol–water partition coefficient (Wildman–Crippen LogP) is -0.175. The fourth-order valence-corrected chi connectivity index (χ4v) is 10.4. The van der Waals surface area contributed by atoms with Crippen molar-refractivity contribution >= 4 is 5.78 Å². The van der Waals surface area contributed by atoms with Crippen molar-refractivity contribution in [2.45, 2.75) is 68.2 Å². The van der Waals surface area contributed by atoms with Gasteiger partial charge in [0.2, 0.25) is 0 Å². The van der Waals surface area contributed by atoms with E-state index in [0.717, 1.165) is 12.8 Å². The van der Waals surface area contributed by atoms with Crippen LogP contribution < -0.4 is 0 Å². The van der Waals surface area contributed by atoms with E-state index >= 15 is 0 Å². The SMILES string of the molecule is CCN1C[C@]2(COC)CC[C@H](OC)[C@]34C1[C@](O)([C@@H](O)[C@H]23)[C@@]1(O)C[C@H](OC)[C@H]2C[C@@H]4[C@@H]1C2=O. The van der Waals surface area contributed by atoms with E-state index in [1.165, 1.54) is 0 Å². The fraction of sp³-hybridized carbons (Fsp3) is 0.958. The van der Waals surface area contributed by atoms with E-state index in [-0.39, 0.29) is 41.5 Å². The highest BCUT2D eigenvalue weighted by molar-refractivity contribution is 5.90. The summed E-state index contributed by atoms with van der Waals surface area (Å²) < 4.78 is 17.6. The first-order chi connectivity index (χ1) is 15.2. The number of ether oxygens (including phenoxy) is 3. The summed E-state index contributed by atoms with van der Waals surface area (Å²) in [6, 6.07) is -0.483. The molecule has 6 fully saturated rings. The second-order valence-electron chi connectivity index (χ2n) is 11.5. The van der Waals surface area contributed by atoms with Gasteiger partial charge in [0.15, 0.2) is 0 Å². The molecule has 0 amide bonds. The Balaban J connectivity index is 1.67. The van der Waals surface area contributed by atoms with Crippen LogP contribution in [0.25, 0.3) is 0 Å². The number of hydrogen-bond donors (Lipinski definition) is 3. The number of likely N-dealkylation sites (tertiary alicyclic amines) is 1. The van der Waals surface area contributed by atoms with Crippen LogP contribution in [-0.4, -0.2) is 103 Å². The van der Waals surface area contributed by atoms with Gasteiger partial charge in [-0.2, -0.15) is 0 Å². The summed E-state index contributed by atoms with van der Waals surface area (Å²) in [6.45, 7) is 3.91. The van der Waals surface area contributed by atoms with Crippen molar-refractivity contribution in [1.82, 2.24) is 4.90 Å². The zero-order chi connectivity index (χ0) is 22.8.